The highest BCUT2D eigenvalue weighted by molar-refractivity contribution is 7.85. The molecule has 0 spiro atoms. The number of carbonyl (C=O) groups is 1. The van der Waals surface area contributed by atoms with Crippen molar-refractivity contribution in [1.29, 1.82) is 5.26 Å². The topological polar surface area (TPSA) is 145 Å². The normalized spacial score (nSPS) is 11.4. The molecule has 3 N–H and O–H groups in total. The lowest BCUT2D eigenvalue weighted by atomic mass is 10.2. The summed E-state index contributed by atoms with van der Waals surface area (Å²) in [6, 6.07) is 8.29. The number of aromatic nitrogens is 2. The lowest BCUT2D eigenvalue weighted by Crippen LogP contribution is -2.15. The summed E-state index contributed by atoms with van der Waals surface area (Å²) in [7, 11) is -4.39. The van der Waals surface area contributed by atoms with E-state index < -0.39 is 16.0 Å². The Morgan fingerprint density at radius 2 is 1.96 bits per heavy atom. The molecule has 9 nitrogen and oxygen atoms in total. The van der Waals surface area contributed by atoms with Gasteiger partial charge in [-0.3, -0.25) is 9.35 Å². The summed E-state index contributed by atoms with van der Waals surface area (Å²) in [4.78, 5) is 19.4. The van der Waals surface area contributed by atoms with E-state index in [1.165, 1.54) is 30.6 Å². The van der Waals surface area contributed by atoms with Crippen LogP contribution in [0.4, 0.5) is 11.6 Å². The van der Waals surface area contributed by atoms with Crippen LogP contribution in [0.2, 0.25) is 0 Å². The van der Waals surface area contributed by atoms with Gasteiger partial charge in [-0.1, -0.05) is 6.07 Å². The minimum Gasteiger partial charge on any atom is -0.329 e. The number of hydrogen-bond acceptors (Lipinski definition) is 7. The molecular weight excluding hydrogens is 334 g/mol. The van der Waals surface area contributed by atoms with Crippen molar-refractivity contribution < 1.29 is 17.8 Å². The number of carbonyl (C=O) groups excluding carboxylic acids is 1. The Hall–Kier alpha value is -3.29. The molecule has 0 aliphatic carbocycles. The van der Waals surface area contributed by atoms with E-state index in [1.807, 2.05) is 0 Å². The Balaban J connectivity index is 2.14. The first kappa shape index (κ1) is 17.1. The number of anilines is 2. The highest BCUT2D eigenvalue weighted by Gasteiger charge is 2.13. The van der Waals surface area contributed by atoms with E-state index in [0.29, 0.717) is 0 Å². The molecule has 0 bridgehead atoms. The molecule has 1 aromatic heterocycles. The molecule has 2 aromatic rings. The Bertz CT molecular complexity index is 920. The summed E-state index contributed by atoms with van der Waals surface area (Å²) in [5.74, 6) is -0.570. The van der Waals surface area contributed by atoms with Crippen LogP contribution < -0.4 is 10.6 Å². The monoisotopic (exact) mass is 345 g/mol. The van der Waals surface area contributed by atoms with Gasteiger partial charge < -0.3 is 10.6 Å². The molecule has 0 saturated heterocycles. The molecule has 0 fully saturated rings. The molecule has 1 amide bonds. The number of amides is 1. The Labute approximate surface area is 137 Å². The van der Waals surface area contributed by atoms with Crippen LogP contribution in [0.1, 0.15) is 0 Å². The van der Waals surface area contributed by atoms with Crippen LogP contribution in [0.15, 0.2) is 59.4 Å². The smallest absolute Gasteiger partial charge is 0.294 e. The van der Waals surface area contributed by atoms with Gasteiger partial charge in [-0.2, -0.15) is 13.7 Å². The number of nitrogens with zero attached hydrogens (tertiary/aromatic N) is 3. The Kier molecular flexibility index (Phi) is 5.20. The van der Waals surface area contributed by atoms with Crippen molar-refractivity contribution in [3.63, 3.8) is 0 Å². The van der Waals surface area contributed by atoms with Crippen LogP contribution in [-0.2, 0) is 14.9 Å². The van der Waals surface area contributed by atoms with Crippen LogP contribution >= 0.6 is 0 Å². The molecule has 0 aliphatic heterocycles. The average Bonchev–Trinajstić information content (AvgIpc) is 2.56. The maximum atomic E-state index is 12.0. The molecule has 0 unspecified atom stereocenters. The van der Waals surface area contributed by atoms with Crippen LogP contribution in [0.5, 0.6) is 0 Å². The number of rotatable bonds is 5. The minimum atomic E-state index is -4.39. The number of hydrogen-bond donors (Lipinski definition) is 3. The van der Waals surface area contributed by atoms with E-state index in [9.17, 15) is 13.2 Å². The molecule has 2 rings (SSSR count). The van der Waals surface area contributed by atoms with Crippen LogP contribution in [0.3, 0.4) is 0 Å². The second kappa shape index (κ2) is 7.32. The molecule has 1 aromatic carbocycles. The lowest BCUT2D eigenvalue weighted by molar-refractivity contribution is -0.112. The maximum absolute atomic E-state index is 12.0. The van der Waals surface area contributed by atoms with Gasteiger partial charge in [0.25, 0.3) is 16.0 Å². The zero-order chi connectivity index (χ0) is 17.6. The summed E-state index contributed by atoms with van der Waals surface area (Å²) in [6.45, 7) is 0. The Morgan fingerprint density at radius 3 is 2.58 bits per heavy atom. The maximum Gasteiger partial charge on any atom is 0.294 e. The van der Waals surface area contributed by atoms with E-state index in [2.05, 4.69) is 20.6 Å². The molecule has 0 saturated carbocycles. The highest BCUT2D eigenvalue weighted by atomic mass is 32.2. The zero-order valence-corrected chi connectivity index (χ0v) is 12.9. The van der Waals surface area contributed by atoms with Gasteiger partial charge in [-0.15, -0.1) is 0 Å². The fourth-order valence-corrected chi connectivity index (χ4v) is 2.12. The standard InChI is InChI=1S/C14H11N5O4S/c15-8-10(9-18-14-16-5-2-6-17-14)13(20)19-11-3-1-4-12(7-11)24(21,22)23/h1-7,9H,(H,19,20)(H,16,17,18)(H,21,22,23)/b10-9-. The van der Waals surface area contributed by atoms with E-state index in [4.69, 9.17) is 9.81 Å². The van der Waals surface area contributed by atoms with Crippen molar-refractivity contribution >= 4 is 27.7 Å². The third kappa shape index (κ3) is 4.60. The fourth-order valence-electron chi connectivity index (χ4n) is 1.59. The Morgan fingerprint density at radius 1 is 1.25 bits per heavy atom. The molecule has 122 valence electrons. The van der Waals surface area contributed by atoms with Crippen molar-refractivity contribution in [2.75, 3.05) is 10.6 Å². The quantitative estimate of drug-likeness (QED) is 0.416. The van der Waals surface area contributed by atoms with Crippen molar-refractivity contribution in [3.8, 4) is 6.07 Å². The van der Waals surface area contributed by atoms with Gasteiger partial charge in [-0.25, -0.2) is 9.97 Å². The average molecular weight is 345 g/mol. The van der Waals surface area contributed by atoms with Crippen molar-refractivity contribution in [2.45, 2.75) is 4.90 Å². The SMILES string of the molecule is N#C/C(=C/Nc1ncccn1)C(=O)Nc1cccc(S(=O)(=O)O)c1. The molecule has 1 heterocycles. The third-order valence-corrected chi connectivity index (χ3v) is 3.52. The molecule has 10 heteroatoms. The van der Waals surface area contributed by atoms with Gasteiger partial charge in [0, 0.05) is 24.3 Å². The summed E-state index contributed by atoms with van der Waals surface area (Å²) in [6.07, 6.45) is 4.09. The first-order chi connectivity index (χ1) is 11.4. The minimum absolute atomic E-state index is 0.104. The molecule has 0 aliphatic rings. The summed E-state index contributed by atoms with van der Waals surface area (Å²) in [5, 5.41) is 14.0. The summed E-state index contributed by atoms with van der Waals surface area (Å²) in [5.41, 5.74) is -0.174. The predicted molar refractivity (Wildman–Crippen MR) is 84.2 cm³/mol. The predicted octanol–water partition coefficient (Wildman–Crippen LogP) is 1.18. The summed E-state index contributed by atoms with van der Waals surface area (Å²) >= 11 is 0. The van der Waals surface area contributed by atoms with Gasteiger partial charge in [0.2, 0.25) is 5.95 Å². The van der Waals surface area contributed by atoms with Gasteiger partial charge >= 0.3 is 0 Å². The second-order valence-corrected chi connectivity index (χ2v) is 5.77. The number of nitrogens with one attached hydrogen (secondary N) is 2. The third-order valence-electron chi connectivity index (χ3n) is 2.67. The molecule has 24 heavy (non-hydrogen) atoms. The molecule has 0 radical (unpaired) electrons. The van der Waals surface area contributed by atoms with Gasteiger partial charge in [0.05, 0.1) is 4.90 Å². The van der Waals surface area contributed by atoms with Crippen molar-refractivity contribution in [1.82, 2.24) is 9.97 Å². The van der Waals surface area contributed by atoms with E-state index in [0.717, 1.165) is 12.3 Å². The van der Waals surface area contributed by atoms with Gasteiger partial charge in [0.1, 0.15) is 11.6 Å². The van der Waals surface area contributed by atoms with E-state index in [1.54, 1.807) is 12.1 Å². The van der Waals surface area contributed by atoms with Crippen molar-refractivity contribution in [3.05, 3.63) is 54.5 Å². The van der Waals surface area contributed by atoms with Crippen LogP contribution in [0, 0.1) is 11.3 Å². The number of nitriles is 1. The molecular formula is C14H11N5O4S. The van der Waals surface area contributed by atoms with Gasteiger partial charge in [0.15, 0.2) is 0 Å². The first-order valence-electron chi connectivity index (χ1n) is 6.43. The lowest BCUT2D eigenvalue weighted by Gasteiger charge is -2.06. The summed E-state index contributed by atoms with van der Waals surface area (Å²) < 4.78 is 31.1. The van der Waals surface area contributed by atoms with Gasteiger partial charge in [-0.05, 0) is 24.3 Å². The number of benzene rings is 1. The highest BCUT2D eigenvalue weighted by Crippen LogP contribution is 2.15. The van der Waals surface area contributed by atoms with E-state index in [-0.39, 0.29) is 22.1 Å². The molecule has 0 atom stereocenters. The van der Waals surface area contributed by atoms with Crippen LogP contribution in [-0.4, -0.2) is 28.8 Å². The zero-order valence-electron chi connectivity index (χ0n) is 12.0. The largest absolute Gasteiger partial charge is 0.329 e. The van der Waals surface area contributed by atoms with Crippen LogP contribution in [0.25, 0.3) is 0 Å². The van der Waals surface area contributed by atoms with Crippen molar-refractivity contribution in [2.24, 2.45) is 0 Å². The van der Waals surface area contributed by atoms with E-state index >= 15 is 0 Å². The fraction of sp³-hybridized carbons (Fsp3) is 0. The second-order valence-electron chi connectivity index (χ2n) is 4.34. The first-order valence-corrected chi connectivity index (χ1v) is 7.87.